The lowest BCUT2D eigenvalue weighted by atomic mass is 9.97. The van der Waals surface area contributed by atoms with Gasteiger partial charge in [-0.25, -0.2) is 4.98 Å². The molecule has 0 fully saturated rings. The Kier molecular flexibility index (Phi) is 6.46. The van der Waals surface area contributed by atoms with Gasteiger partial charge in [0.2, 0.25) is 0 Å². The molecule has 0 aliphatic carbocycles. The molecule has 3 heterocycles. The van der Waals surface area contributed by atoms with E-state index in [2.05, 4.69) is 45.7 Å². The Balaban J connectivity index is 1.12. The molecule has 1 aliphatic heterocycles. The van der Waals surface area contributed by atoms with Gasteiger partial charge in [0.05, 0.1) is 0 Å². The zero-order valence-electron chi connectivity index (χ0n) is 17.8. The van der Waals surface area contributed by atoms with Crippen molar-refractivity contribution in [2.24, 2.45) is 0 Å². The summed E-state index contributed by atoms with van der Waals surface area (Å²) in [5.74, 6) is 1.75. The van der Waals surface area contributed by atoms with Crippen LogP contribution in [-0.4, -0.2) is 21.3 Å². The summed E-state index contributed by atoms with van der Waals surface area (Å²) in [6.45, 7) is 2.65. The number of nitrogens with one attached hydrogen (secondary N) is 1. The van der Waals surface area contributed by atoms with E-state index < -0.39 is 0 Å². The molecule has 4 aromatic rings. The van der Waals surface area contributed by atoms with Gasteiger partial charge in [-0.2, -0.15) is 5.10 Å². The second-order valence-electron chi connectivity index (χ2n) is 7.82. The first-order valence-corrected chi connectivity index (χ1v) is 11.8. The molecule has 1 unspecified atom stereocenters. The summed E-state index contributed by atoms with van der Waals surface area (Å²) in [7, 11) is 0. The van der Waals surface area contributed by atoms with Crippen molar-refractivity contribution in [3.63, 3.8) is 0 Å². The molecule has 1 atom stereocenters. The molecule has 7 heteroatoms. The highest BCUT2D eigenvalue weighted by Crippen LogP contribution is 2.37. The van der Waals surface area contributed by atoms with E-state index >= 15 is 0 Å². The Morgan fingerprint density at radius 1 is 1.16 bits per heavy atom. The van der Waals surface area contributed by atoms with Gasteiger partial charge in [0.15, 0.2) is 0 Å². The van der Waals surface area contributed by atoms with Gasteiger partial charge in [0.1, 0.15) is 17.6 Å². The lowest BCUT2D eigenvalue weighted by Gasteiger charge is -2.26. The van der Waals surface area contributed by atoms with E-state index in [0.29, 0.717) is 5.19 Å². The highest BCUT2D eigenvalue weighted by Gasteiger charge is 2.21. The minimum atomic E-state index is 0.115. The van der Waals surface area contributed by atoms with Crippen molar-refractivity contribution in [2.75, 3.05) is 6.54 Å². The highest BCUT2D eigenvalue weighted by molar-refractivity contribution is 7.13. The maximum atomic E-state index is 6.23. The fourth-order valence-corrected chi connectivity index (χ4v) is 4.61. The quantitative estimate of drug-likeness (QED) is 0.350. The molecule has 0 saturated carbocycles. The van der Waals surface area contributed by atoms with Crippen molar-refractivity contribution in [3.8, 4) is 16.7 Å². The third kappa shape index (κ3) is 5.18. The predicted octanol–water partition coefficient (Wildman–Crippen LogP) is 5.38. The van der Waals surface area contributed by atoms with E-state index in [1.54, 1.807) is 11.3 Å². The predicted molar refractivity (Wildman–Crippen MR) is 125 cm³/mol. The van der Waals surface area contributed by atoms with Crippen molar-refractivity contribution in [1.82, 2.24) is 20.1 Å². The first kappa shape index (κ1) is 20.7. The minimum absolute atomic E-state index is 0.115. The molecule has 0 radical (unpaired) electrons. The van der Waals surface area contributed by atoms with E-state index in [9.17, 15) is 0 Å². The van der Waals surface area contributed by atoms with Gasteiger partial charge in [-0.05, 0) is 61.2 Å². The number of rotatable bonds is 9. The number of aromatic nitrogens is 3. The number of hydrogen-bond acceptors (Lipinski definition) is 6. The number of thiazole rings is 1. The van der Waals surface area contributed by atoms with E-state index in [1.807, 2.05) is 47.5 Å². The molecule has 2 aromatic heterocycles. The largest absolute Gasteiger partial charge is 0.485 e. The Hall–Kier alpha value is -3.16. The third-order valence-corrected chi connectivity index (χ3v) is 6.36. The van der Waals surface area contributed by atoms with E-state index in [-0.39, 0.29) is 6.10 Å². The van der Waals surface area contributed by atoms with Crippen LogP contribution in [0.1, 0.15) is 34.9 Å². The highest BCUT2D eigenvalue weighted by atomic mass is 32.1. The summed E-state index contributed by atoms with van der Waals surface area (Å²) in [5, 5.41) is 8.34. The average molecular weight is 447 g/mol. The summed E-state index contributed by atoms with van der Waals surface area (Å²) in [4.78, 5) is 5.58. The van der Waals surface area contributed by atoms with Crippen LogP contribution >= 0.6 is 11.3 Å². The number of hydrogen-bond donors (Lipinski definition) is 1. The van der Waals surface area contributed by atoms with Crippen molar-refractivity contribution in [2.45, 2.75) is 38.5 Å². The lowest BCUT2D eigenvalue weighted by molar-refractivity contribution is 0.176. The van der Waals surface area contributed by atoms with Crippen LogP contribution in [0.5, 0.6) is 16.7 Å². The maximum absolute atomic E-state index is 6.23. The number of nitrogens with zero attached hydrogens (tertiary/aromatic N) is 3. The number of benzene rings is 2. The summed E-state index contributed by atoms with van der Waals surface area (Å²) in [6, 6.07) is 18.4. The zero-order chi connectivity index (χ0) is 21.6. The zero-order valence-corrected chi connectivity index (χ0v) is 18.6. The molecule has 1 N–H and O–H groups in total. The molecule has 32 heavy (non-hydrogen) atoms. The standard InChI is InChI=1S/C25H26N4O2S/c1-2-6-19(7-3-1)23-10-8-20-16-21(9-11-24(20)31-23)30-25-27-18-22(32-25)17-26-12-4-14-29-15-5-13-28-29/h1-3,5-7,9,11,13,15-16,18,23,26H,4,8,10,12,14,17H2. The second-order valence-corrected chi connectivity index (χ2v) is 8.90. The van der Waals surface area contributed by atoms with E-state index in [4.69, 9.17) is 9.47 Å². The molecule has 2 aromatic carbocycles. The molecule has 0 bridgehead atoms. The molecule has 0 amide bonds. The molecule has 0 saturated heterocycles. The van der Waals surface area contributed by atoms with Gasteiger partial charge in [0, 0.05) is 36.6 Å². The lowest BCUT2D eigenvalue weighted by Crippen LogP contribution is -2.16. The summed E-state index contributed by atoms with van der Waals surface area (Å²) in [5.41, 5.74) is 2.41. The number of aryl methyl sites for hydroxylation is 2. The van der Waals surface area contributed by atoms with Crippen LogP contribution in [0.3, 0.4) is 0 Å². The van der Waals surface area contributed by atoms with E-state index in [0.717, 1.165) is 55.3 Å². The van der Waals surface area contributed by atoms with Gasteiger partial charge in [-0.1, -0.05) is 41.7 Å². The van der Waals surface area contributed by atoms with Crippen molar-refractivity contribution in [3.05, 3.63) is 89.2 Å². The maximum Gasteiger partial charge on any atom is 0.278 e. The molecule has 5 rings (SSSR count). The SMILES string of the molecule is c1ccc(C2CCc3cc(Oc4ncc(CNCCCn5cccn5)s4)ccc3O2)cc1. The molecule has 6 nitrogen and oxygen atoms in total. The van der Waals surface area contributed by atoms with Crippen LogP contribution in [0.25, 0.3) is 0 Å². The number of fused-ring (bicyclic) bond motifs is 1. The molecule has 1 aliphatic rings. The minimum Gasteiger partial charge on any atom is -0.485 e. The third-order valence-electron chi connectivity index (χ3n) is 5.49. The van der Waals surface area contributed by atoms with Crippen LogP contribution < -0.4 is 14.8 Å². The second kappa shape index (κ2) is 9.97. The van der Waals surface area contributed by atoms with Crippen LogP contribution in [0, 0.1) is 0 Å². The first-order valence-electron chi connectivity index (χ1n) is 11.0. The molecule has 0 spiro atoms. The Morgan fingerprint density at radius 3 is 2.97 bits per heavy atom. The van der Waals surface area contributed by atoms with E-state index in [1.165, 1.54) is 11.1 Å². The van der Waals surface area contributed by atoms with Crippen molar-refractivity contribution < 1.29 is 9.47 Å². The first-order chi connectivity index (χ1) is 15.8. The van der Waals surface area contributed by atoms with Crippen molar-refractivity contribution in [1.29, 1.82) is 0 Å². The molecule has 164 valence electrons. The Morgan fingerprint density at radius 2 is 2.09 bits per heavy atom. The monoisotopic (exact) mass is 446 g/mol. The fourth-order valence-electron chi connectivity index (χ4n) is 3.86. The summed E-state index contributed by atoms with van der Waals surface area (Å²) in [6.07, 6.45) is 8.76. The smallest absolute Gasteiger partial charge is 0.278 e. The molecular formula is C25H26N4O2S. The fraction of sp³-hybridized carbons (Fsp3) is 0.280. The number of ether oxygens (including phenoxy) is 2. The van der Waals surface area contributed by atoms with Gasteiger partial charge in [-0.3, -0.25) is 4.68 Å². The van der Waals surface area contributed by atoms with Crippen LogP contribution in [-0.2, 0) is 19.5 Å². The molecular weight excluding hydrogens is 420 g/mol. The average Bonchev–Trinajstić information content (AvgIpc) is 3.51. The van der Waals surface area contributed by atoms with Crippen LogP contribution in [0.4, 0.5) is 0 Å². The van der Waals surface area contributed by atoms with Gasteiger partial charge in [-0.15, -0.1) is 0 Å². The van der Waals surface area contributed by atoms with Crippen LogP contribution in [0.15, 0.2) is 73.2 Å². The van der Waals surface area contributed by atoms with Crippen molar-refractivity contribution >= 4 is 11.3 Å². The van der Waals surface area contributed by atoms with Gasteiger partial charge in [0.25, 0.3) is 5.19 Å². The Bertz CT molecular complexity index is 1130. The summed E-state index contributed by atoms with van der Waals surface area (Å²) >= 11 is 1.57. The Labute approximate surface area is 191 Å². The van der Waals surface area contributed by atoms with Crippen LogP contribution in [0.2, 0.25) is 0 Å². The van der Waals surface area contributed by atoms with Gasteiger partial charge >= 0.3 is 0 Å². The summed E-state index contributed by atoms with van der Waals surface area (Å²) < 4.78 is 14.2. The topological polar surface area (TPSA) is 61.2 Å². The normalized spacial score (nSPS) is 15.2. The van der Waals surface area contributed by atoms with Gasteiger partial charge < -0.3 is 14.8 Å².